The van der Waals surface area contributed by atoms with Crippen molar-refractivity contribution in [1.82, 2.24) is 19.6 Å². The van der Waals surface area contributed by atoms with Crippen LogP contribution in [-0.4, -0.2) is 101 Å². The minimum atomic E-state index is -1.15. The molecule has 3 aliphatic heterocycles. The number of hydrogen-bond donors (Lipinski definition) is 1. The number of nitrogens with zero attached hydrogens (tertiary/aromatic N) is 5. The van der Waals surface area contributed by atoms with Crippen molar-refractivity contribution in [3.05, 3.63) is 64.7 Å². The first-order valence-electron chi connectivity index (χ1n) is 13.6. The molecule has 2 aromatic carbocycles. The number of amides is 5. The number of hydrogen-bond acceptors (Lipinski definition) is 5. The number of carbonyl (C=O) groups excluding carboxylic acids is 3. The molecule has 3 saturated heterocycles. The van der Waals surface area contributed by atoms with Crippen LogP contribution in [0, 0.1) is 5.92 Å². The van der Waals surface area contributed by atoms with Crippen LogP contribution in [0.4, 0.5) is 15.3 Å². The first kappa shape index (κ1) is 27.8. The molecular formula is C29H34ClN5O5. The van der Waals surface area contributed by atoms with Gasteiger partial charge in [0.25, 0.3) is 11.8 Å². The zero-order chi connectivity index (χ0) is 28.6. The quantitative estimate of drug-likeness (QED) is 0.532. The SMILES string of the molecule is CN(C)c1ccc(C(=O)N2CCN3C(=O)N(C4CC(CCc5ccc(Cl)cc5)CCN4C(=O)O)C(=O)C3C2)cc1. The molecule has 3 aliphatic rings. The summed E-state index contributed by atoms with van der Waals surface area (Å²) >= 11 is 5.99. The summed E-state index contributed by atoms with van der Waals surface area (Å²) < 4.78 is 0. The molecule has 5 rings (SSSR count). The minimum Gasteiger partial charge on any atom is -0.465 e. The van der Waals surface area contributed by atoms with Crippen LogP contribution in [-0.2, 0) is 11.2 Å². The third-order valence-electron chi connectivity index (χ3n) is 8.25. The van der Waals surface area contributed by atoms with Crippen LogP contribution in [0.3, 0.4) is 0 Å². The first-order valence-corrected chi connectivity index (χ1v) is 14.0. The van der Waals surface area contributed by atoms with E-state index in [4.69, 9.17) is 11.6 Å². The van der Waals surface area contributed by atoms with Crippen molar-refractivity contribution in [3.63, 3.8) is 0 Å². The van der Waals surface area contributed by atoms with E-state index in [0.717, 1.165) is 29.0 Å². The summed E-state index contributed by atoms with van der Waals surface area (Å²) in [6.07, 6.45) is 0.640. The molecule has 0 aromatic heterocycles. The Kier molecular flexibility index (Phi) is 7.89. The van der Waals surface area contributed by atoms with Crippen molar-refractivity contribution in [2.24, 2.45) is 5.92 Å². The molecule has 0 spiro atoms. The van der Waals surface area contributed by atoms with E-state index in [1.807, 2.05) is 55.4 Å². The van der Waals surface area contributed by atoms with Crippen molar-refractivity contribution in [1.29, 1.82) is 0 Å². The Morgan fingerprint density at radius 1 is 1.00 bits per heavy atom. The zero-order valence-electron chi connectivity index (χ0n) is 22.7. The number of piperidine rings is 1. The number of carbonyl (C=O) groups is 4. The number of urea groups is 1. The summed E-state index contributed by atoms with van der Waals surface area (Å²) in [6, 6.07) is 13.6. The number of halogens is 1. The Morgan fingerprint density at radius 3 is 2.35 bits per heavy atom. The maximum Gasteiger partial charge on any atom is 0.408 e. The Bertz CT molecular complexity index is 1280. The second-order valence-electron chi connectivity index (χ2n) is 10.9. The Morgan fingerprint density at radius 2 is 1.70 bits per heavy atom. The third kappa shape index (κ3) is 5.45. The van der Waals surface area contributed by atoms with Gasteiger partial charge in [-0.2, -0.15) is 0 Å². The summed E-state index contributed by atoms with van der Waals surface area (Å²) in [5, 5.41) is 10.6. The van der Waals surface area contributed by atoms with Crippen molar-refractivity contribution in [2.75, 3.05) is 45.2 Å². The average Bonchev–Trinajstić information content (AvgIpc) is 3.20. The van der Waals surface area contributed by atoms with Crippen LogP contribution in [0.5, 0.6) is 0 Å². The van der Waals surface area contributed by atoms with Gasteiger partial charge in [0.15, 0.2) is 0 Å². The molecule has 0 saturated carbocycles. The largest absolute Gasteiger partial charge is 0.465 e. The lowest BCUT2D eigenvalue weighted by Gasteiger charge is -2.41. The lowest BCUT2D eigenvalue weighted by atomic mass is 9.88. The predicted octanol–water partition coefficient (Wildman–Crippen LogP) is 3.84. The molecule has 3 atom stereocenters. The molecule has 212 valence electrons. The van der Waals surface area contributed by atoms with Crippen LogP contribution >= 0.6 is 11.6 Å². The molecule has 40 heavy (non-hydrogen) atoms. The smallest absolute Gasteiger partial charge is 0.408 e. The Balaban J connectivity index is 1.28. The van der Waals surface area contributed by atoms with Crippen molar-refractivity contribution < 1.29 is 24.3 Å². The summed E-state index contributed by atoms with van der Waals surface area (Å²) in [4.78, 5) is 59.8. The van der Waals surface area contributed by atoms with Crippen molar-refractivity contribution >= 4 is 41.2 Å². The number of imide groups is 1. The monoisotopic (exact) mass is 567 g/mol. The number of benzene rings is 2. The number of aryl methyl sites for hydroxylation is 1. The molecule has 0 bridgehead atoms. The normalized spacial score (nSPS) is 22.9. The summed E-state index contributed by atoms with van der Waals surface area (Å²) in [7, 11) is 3.84. The van der Waals surface area contributed by atoms with E-state index in [1.54, 1.807) is 17.0 Å². The van der Waals surface area contributed by atoms with Crippen molar-refractivity contribution in [2.45, 2.75) is 37.9 Å². The molecular weight excluding hydrogens is 534 g/mol. The van der Waals surface area contributed by atoms with E-state index >= 15 is 0 Å². The van der Waals surface area contributed by atoms with E-state index in [9.17, 15) is 24.3 Å². The highest BCUT2D eigenvalue weighted by Gasteiger charge is 2.53. The van der Waals surface area contributed by atoms with Crippen LogP contribution in [0.15, 0.2) is 48.5 Å². The van der Waals surface area contributed by atoms with Crippen molar-refractivity contribution in [3.8, 4) is 0 Å². The van der Waals surface area contributed by atoms with Gasteiger partial charge in [0, 0.05) is 50.0 Å². The van der Waals surface area contributed by atoms with Gasteiger partial charge in [-0.15, -0.1) is 0 Å². The molecule has 3 fully saturated rings. The maximum atomic E-state index is 13.6. The summed E-state index contributed by atoms with van der Waals surface area (Å²) in [6.45, 7) is 0.845. The van der Waals surface area contributed by atoms with Crippen LogP contribution in [0.25, 0.3) is 0 Å². The van der Waals surface area contributed by atoms with Gasteiger partial charge in [-0.1, -0.05) is 23.7 Å². The molecule has 5 amide bonds. The highest BCUT2D eigenvalue weighted by molar-refractivity contribution is 6.30. The fraction of sp³-hybridized carbons (Fsp3) is 0.448. The summed E-state index contributed by atoms with van der Waals surface area (Å²) in [5.41, 5.74) is 2.62. The second kappa shape index (κ2) is 11.4. The topological polar surface area (TPSA) is 105 Å². The predicted molar refractivity (Wildman–Crippen MR) is 150 cm³/mol. The van der Waals surface area contributed by atoms with Gasteiger partial charge in [0.05, 0.1) is 6.54 Å². The Labute approximate surface area is 238 Å². The fourth-order valence-electron chi connectivity index (χ4n) is 5.93. The van der Waals surface area contributed by atoms with E-state index in [0.29, 0.717) is 30.0 Å². The van der Waals surface area contributed by atoms with Gasteiger partial charge in [0.1, 0.15) is 12.2 Å². The number of piperazine rings is 1. The molecule has 3 heterocycles. The van der Waals surface area contributed by atoms with E-state index in [2.05, 4.69) is 0 Å². The molecule has 1 N–H and O–H groups in total. The summed E-state index contributed by atoms with van der Waals surface area (Å²) in [5.74, 6) is -0.492. The second-order valence-corrected chi connectivity index (χ2v) is 11.3. The molecule has 3 unspecified atom stereocenters. The Hall–Kier alpha value is -3.79. The molecule has 0 radical (unpaired) electrons. The lowest BCUT2D eigenvalue weighted by Crippen LogP contribution is -2.57. The van der Waals surface area contributed by atoms with Gasteiger partial charge in [-0.3, -0.25) is 14.5 Å². The number of fused-ring (bicyclic) bond motifs is 1. The molecule has 0 aliphatic carbocycles. The van der Waals surface area contributed by atoms with Gasteiger partial charge in [0.2, 0.25) is 0 Å². The molecule has 11 heteroatoms. The van der Waals surface area contributed by atoms with Gasteiger partial charge >= 0.3 is 12.1 Å². The maximum absolute atomic E-state index is 13.6. The van der Waals surface area contributed by atoms with Crippen LogP contribution in [0.2, 0.25) is 5.02 Å². The van der Waals surface area contributed by atoms with E-state index in [1.165, 1.54) is 9.80 Å². The highest BCUT2D eigenvalue weighted by Crippen LogP contribution is 2.34. The number of anilines is 1. The number of rotatable bonds is 6. The van der Waals surface area contributed by atoms with E-state index in [-0.39, 0.29) is 31.5 Å². The minimum absolute atomic E-state index is 0.0785. The van der Waals surface area contributed by atoms with E-state index < -0.39 is 30.2 Å². The molecule has 2 aromatic rings. The molecule has 10 nitrogen and oxygen atoms in total. The lowest BCUT2D eigenvalue weighted by molar-refractivity contribution is -0.134. The van der Waals surface area contributed by atoms with Gasteiger partial charge in [-0.05, 0) is 73.6 Å². The zero-order valence-corrected chi connectivity index (χ0v) is 23.5. The number of likely N-dealkylation sites (tertiary alicyclic amines) is 1. The van der Waals surface area contributed by atoms with Gasteiger partial charge < -0.3 is 19.8 Å². The first-order chi connectivity index (χ1) is 19.1. The average molecular weight is 568 g/mol. The number of carboxylic acid groups (broad SMARTS) is 1. The van der Waals surface area contributed by atoms with Crippen LogP contribution < -0.4 is 4.90 Å². The standard InChI is InChI=1S/C29H34ClN5O5/c1-31(2)23-11-7-21(8-12-23)26(36)32-15-16-33-24(18-32)27(37)35(28(33)38)25-17-20(13-14-34(25)29(39)40)4-3-19-5-9-22(30)10-6-19/h5-12,20,24-25H,3-4,13-18H2,1-2H3,(H,39,40). The van der Waals surface area contributed by atoms with Crippen LogP contribution in [0.1, 0.15) is 35.2 Å². The van der Waals surface area contributed by atoms with Gasteiger partial charge in [-0.25, -0.2) is 14.5 Å². The fourth-order valence-corrected chi connectivity index (χ4v) is 6.05. The third-order valence-corrected chi connectivity index (χ3v) is 8.50. The highest BCUT2D eigenvalue weighted by atomic mass is 35.5.